The molecule has 3 aromatic rings. The van der Waals surface area contributed by atoms with E-state index in [2.05, 4.69) is 4.98 Å². The highest BCUT2D eigenvalue weighted by Gasteiger charge is 2.53. The number of carbonyl (C=O) groups excluding carboxylic acids is 4. The van der Waals surface area contributed by atoms with Crippen molar-refractivity contribution in [1.82, 2.24) is 4.98 Å². The molecule has 1 saturated heterocycles. The second-order valence-corrected chi connectivity index (χ2v) is 9.85. The van der Waals surface area contributed by atoms with Crippen LogP contribution in [0.3, 0.4) is 0 Å². The molecule has 2 aromatic carbocycles. The van der Waals surface area contributed by atoms with E-state index in [1.807, 2.05) is 24.3 Å². The van der Waals surface area contributed by atoms with Crippen molar-refractivity contribution in [2.45, 2.75) is 58.4 Å². The number of pyridine rings is 1. The van der Waals surface area contributed by atoms with E-state index in [4.69, 9.17) is 28.4 Å². The molecule has 44 heavy (non-hydrogen) atoms. The van der Waals surface area contributed by atoms with E-state index in [0.717, 1.165) is 38.5 Å². The van der Waals surface area contributed by atoms with Gasteiger partial charge in [0.15, 0.2) is 12.2 Å². The summed E-state index contributed by atoms with van der Waals surface area (Å²) >= 11 is 0. The Bertz CT molecular complexity index is 1580. The number of aliphatic hydroxyl groups is 1. The summed E-state index contributed by atoms with van der Waals surface area (Å²) in [4.78, 5) is 51.8. The average Bonchev–Trinajstić information content (AvgIpc) is 2.94. The summed E-state index contributed by atoms with van der Waals surface area (Å²) in [7, 11) is 0. The van der Waals surface area contributed by atoms with Crippen LogP contribution in [-0.2, 0) is 42.9 Å². The Morgan fingerprint density at radius 2 is 1.48 bits per heavy atom. The first kappa shape index (κ1) is 31.8. The van der Waals surface area contributed by atoms with Gasteiger partial charge >= 0.3 is 23.9 Å². The van der Waals surface area contributed by atoms with Crippen LogP contribution in [0.2, 0.25) is 0 Å². The average molecular weight is 610 g/mol. The number of aromatic nitrogens is 1. The molecule has 0 amide bonds. The van der Waals surface area contributed by atoms with Gasteiger partial charge < -0.3 is 38.6 Å². The minimum atomic E-state index is -1.49. The van der Waals surface area contributed by atoms with Gasteiger partial charge in [-0.05, 0) is 23.6 Å². The molecule has 4 rings (SSSR count). The van der Waals surface area contributed by atoms with E-state index >= 15 is 0 Å². The Hall–Kier alpha value is -5.17. The van der Waals surface area contributed by atoms with Gasteiger partial charge in [0.2, 0.25) is 12.4 Å². The summed E-state index contributed by atoms with van der Waals surface area (Å²) in [6.45, 7) is 4.05. The van der Waals surface area contributed by atoms with E-state index in [1.165, 1.54) is 24.3 Å². The summed E-state index contributed by atoms with van der Waals surface area (Å²) in [6, 6.07) is 13.3. The molecule has 2 N–H and O–H groups in total. The highest BCUT2D eigenvalue weighted by Crippen LogP contribution is 2.34. The molecule has 0 radical (unpaired) electrons. The maximum Gasteiger partial charge on any atom is 0.303 e. The minimum Gasteiger partial charge on any atom is -0.507 e. The number of nitrogens with zero attached hydrogens (tertiary/aromatic N) is 1. The number of esters is 4. The summed E-state index contributed by atoms with van der Waals surface area (Å²) in [5.41, 5.74) is 0.521. The Balaban J connectivity index is 1.63. The minimum absolute atomic E-state index is 0.00350. The number of hydrogen-bond donors (Lipinski definition) is 2. The summed E-state index contributed by atoms with van der Waals surface area (Å²) < 4.78 is 33.0. The lowest BCUT2D eigenvalue weighted by Crippen LogP contribution is -2.63. The normalized spacial score (nSPS) is 21.6. The van der Waals surface area contributed by atoms with Crippen LogP contribution in [-0.4, -0.2) is 76.4 Å². The molecule has 0 saturated carbocycles. The highest BCUT2D eigenvalue weighted by atomic mass is 16.7. The van der Waals surface area contributed by atoms with Crippen molar-refractivity contribution in [3.05, 3.63) is 66.0 Å². The molecule has 1 aromatic heterocycles. The molecule has 0 spiro atoms. The predicted octanol–water partition coefficient (Wildman–Crippen LogP) is 3.46. The van der Waals surface area contributed by atoms with Gasteiger partial charge in [0.25, 0.3) is 0 Å². The van der Waals surface area contributed by atoms with E-state index in [9.17, 15) is 29.4 Å². The molecule has 13 heteroatoms. The van der Waals surface area contributed by atoms with Gasteiger partial charge in [-0.2, -0.15) is 0 Å². The number of benzene rings is 2. The molecular formula is C31H31NO12. The van der Waals surface area contributed by atoms with Crippen LogP contribution in [0, 0.1) is 0 Å². The number of ether oxygens (including phenoxy) is 6. The number of hydrogen-bond acceptors (Lipinski definition) is 13. The van der Waals surface area contributed by atoms with Gasteiger partial charge in [0.1, 0.15) is 30.0 Å². The van der Waals surface area contributed by atoms with Crippen molar-refractivity contribution in [2.75, 3.05) is 6.61 Å². The topological polar surface area (TPSA) is 177 Å². The van der Waals surface area contributed by atoms with Gasteiger partial charge in [-0.15, -0.1) is 0 Å². The molecule has 5 atom stereocenters. The Morgan fingerprint density at radius 3 is 2.11 bits per heavy atom. The number of carbonyl (C=O) groups is 4. The lowest BCUT2D eigenvalue weighted by Gasteiger charge is -2.43. The third-order valence-electron chi connectivity index (χ3n) is 6.38. The predicted molar refractivity (Wildman–Crippen MR) is 153 cm³/mol. The van der Waals surface area contributed by atoms with Crippen LogP contribution < -0.4 is 4.74 Å². The van der Waals surface area contributed by atoms with E-state index in [1.54, 1.807) is 12.3 Å². The summed E-state index contributed by atoms with van der Waals surface area (Å²) in [5.74, 6) is -3.65. The second kappa shape index (κ2) is 13.9. The standard InChI is InChI=1S/C31H31NO12/c1-16(33)39-15-27-28(40-17(2)34)29(41-18(3)35)30(42-19(4)36)31(44-27)43-23-9-10-24(26(38)13-23)25(37)12-22-11-20-7-5-6-8-21(20)14-32-22/h5-14,27-31,37-38H,15H2,1-4H3/b25-12-/t27-,28-,29+,30-,31-/m0/s1. The number of phenols is 1. The van der Waals surface area contributed by atoms with E-state index < -0.39 is 61.2 Å². The first-order valence-electron chi connectivity index (χ1n) is 13.5. The molecule has 13 nitrogen and oxygen atoms in total. The van der Waals surface area contributed by atoms with Crippen molar-refractivity contribution >= 4 is 46.5 Å². The van der Waals surface area contributed by atoms with Crippen LogP contribution in [0.1, 0.15) is 39.0 Å². The van der Waals surface area contributed by atoms with Crippen LogP contribution in [0.15, 0.2) is 54.7 Å². The van der Waals surface area contributed by atoms with Crippen molar-refractivity contribution in [3.63, 3.8) is 0 Å². The Labute approximate surface area is 251 Å². The first-order valence-corrected chi connectivity index (χ1v) is 13.5. The summed E-state index contributed by atoms with van der Waals surface area (Å²) in [5, 5.41) is 23.3. The Morgan fingerprint density at radius 1 is 0.841 bits per heavy atom. The number of phenolic OH excluding ortho intramolecular Hbond substituents is 1. The fraction of sp³-hybridized carbons (Fsp3) is 0.323. The van der Waals surface area contributed by atoms with Gasteiger partial charge in [0, 0.05) is 51.4 Å². The fourth-order valence-electron chi connectivity index (χ4n) is 4.62. The van der Waals surface area contributed by atoms with Gasteiger partial charge in [0.05, 0.1) is 11.3 Å². The summed E-state index contributed by atoms with van der Waals surface area (Å²) in [6.07, 6.45) is -3.87. The first-order chi connectivity index (χ1) is 20.9. The van der Waals surface area contributed by atoms with Gasteiger partial charge in [-0.1, -0.05) is 24.3 Å². The zero-order chi connectivity index (χ0) is 32.0. The molecule has 232 valence electrons. The van der Waals surface area contributed by atoms with Crippen LogP contribution >= 0.6 is 0 Å². The third-order valence-corrected chi connectivity index (χ3v) is 6.38. The van der Waals surface area contributed by atoms with Crippen molar-refractivity contribution in [3.8, 4) is 11.5 Å². The molecule has 2 heterocycles. The highest BCUT2D eigenvalue weighted by molar-refractivity contribution is 5.86. The lowest BCUT2D eigenvalue weighted by molar-refractivity contribution is -0.288. The number of fused-ring (bicyclic) bond motifs is 1. The Kier molecular flexibility index (Phi) is 10.0. The molecule has 1 fully saturated rings. The fourth-order valence-corrected chi connectivity index (χ4v) is 4.62. The molecule has 0 aliphatic carbocycles. The number of rotatable bonds is 9. The number of aromatic hydroxyl groups is 1. The number of aliphatic hydroxyl groups excluding tert-OH is 1. The molecule has 1 aliphatic rings. The lowest BCUT2D eigenvalue weighted by atomic mass is 9.98. The zero-order valence-electron chi connectivity index (χ0n) is 24.3. The maximum atomic E-state index is 12.0. The van der Waals surface area contributed by atoms with Crippen molar-refractivity contribution < 1.29 is 57.8 Å². The smallest absolute Gasteiger partial charge is 0.303 e. The second-order valence-electron chi connectivity index (χ2n) is 9.85. The molecule has 1 aliphatic heterocycles. The molecular weight excluding hydrogens is 578 g/mol. The van der Waals surface area contributed by atoms with Crippen molar-refractivity contribution in [1.29, 1.82) is 0 Å². The molecule has 0 bridgehead atoms. The van der Waals surface area contributed by atoms with Crippen LogP contribution in [0.4, 0.5) is 0 Å². The van der Waals surface area contributed by atoms with Gasteiger partial charge in [-0.25, -0.2) is 0 Å². The van der Waals surface area contributed by atoms with E-state index in [-0.39, 0.29) is 22.8 Å². The SMILES string of the molecule is CC(=O)OC[C@@H]1O[C@H](Oc2ccc(/C(O)=C/c3cc4ccccc4cn3)c(O)c2)[C@@H](OC(C)=O)[C@H](OC(C)=O)[C@H]1OC(C)=O. The third kappa shape index (κ3) is 8.01. The zero-order valence-corrected chi connectivity index (χ0v) is 24.3. The largest absolute Gasteiger partial charge is 0.507 e. The maximum absolute atomic E-state index is 12.0. The van der Waals surface area contributed by atoms with Crippen molar-refractivity contribution in [2.24, 2.45) is 0 Å². The van der Waals surface area contributed by atoms with Crippen LogP contribution in [0.25, 0.3) is 22.6 Å². The van der Waals surface area contributed by atoms with E-state index in [0.29, 0.717) is 5.69 Å². The monoisotopic (exact) mass is 609 g/mol. The van der Waals surface area contributed by atoms with Crippen LogP contribution in [0.5, 0.6) is 11.5 Å². The quantitative estimate of drug-likeness (QED) is 0.205. The van der Waals surface area contributed by atoms with Gasteiger partial charge in [-0.3, -0.25) is 24.2 Å². The molecule has 0 unspecified atom stereocenters.